The molecule has 21 heavy (non-hydrogen) atoms. The zero-order valence-electron chi connectivity index (χ0n) is 13.7. The van der Waals surface area contributed by atoms with Gasteiger partial charge in [-0.05, 0) is 38.2 Å². The normalized spacial score (nSPS) is 15.8. The molecule has 1 N–H and O–H groups in total. The smallest absolute Gasteiger partial charge is 0.165 e. The van der Waals surface area contributed by atoms with Gasteiger partial charge in [0.25, 0.3) is 0 Å². The van der Waals surface area contributed by atoms with Gasteiger partial charge < -0.3 is 14.8 Å². The van der Waals surface area contributed by atoms with E-state index in [2.05, 4.69) is 31.3 Å². The number of para-hydroxylation sites is 1. The van der Waals surface area contributed by atoms with Gasteiger partial charge in [-0.3, -0.25) is 0 Å². The molecule has 0 spiro atoms. The number of hydrogen-bond donors (Lipinski definition) is 1. The Hall–Kier alpha value is -1.22. The molecule has 0 saturated heterocycles. The Bertz CT molecular complexity index is 429. The van der Waals surface area contributed by atoms with Crippen LogP contribution in [-0.2, 0) is 6.54 Å². The van der Waals surface area contributed by atoms with E-state index in [-0.39, 0.29) is 0 Å². The first-order valence-electron chi connectivity index (χ1n) is 8.35. The minimum absolute atomic E-state index is 0.578. The fourth-order valence-corrected chi connectivity index (χ4v) is 2.48. The van der Waals surface area contributed by atoms with Crippen LogP contribution in [0, 0.1) is 5.92 Å². The monoisotopic (exact) mass is 291 g/mol. The van der Waals surface area contributed by atoms with Crippen LogP contribution >= 0.6 is 0 Å². The molecule has 0 aromatic heterocycles. The molecule has 0 heterocycles. The molecular formula is C18H29NO2. The average molecular weight is 291 g/mol. The molecule has 0 aliphatic heterocycles. The van der Waals surface area contributed by atoms with Crippen LogP contribution in [0.25, 0.3) is 0 Å². The van der Waals surface area contributed by atoms with Crippen molar-refractivity contribution in [2.45, 2.75) is 59.0 Å². The average Bonchev–Trinajstić information content (AvgIpc) is 3.29. The summed E-state index contributed by atoms with van der Waals surface area (Å²) in [5, 5.41) is 3.56. The molecule has 0 radical (unpaired) electrons. The Morgan fingerprint density at radius 3 is 2.71 bits per heavy atom. The summed E-state index contributed by atoms with van der Waals surface area (Å²) in [6.07, 6.45) is 5.00. The molecule has 1 aromatic carbocycles. The first-order chi connectivity index (χ1) is 10.2. The van der Waals surface area contributed by atoms with Gasteiger partial charge in [-0.1, -0.05) is 32.4 Å². The molecule has 2 rings (SSSR count). The van der Waals surface area contributed by atoms with Crippen LogP contribution in [0.15, 0.2) is 18.2 Å². The second kappa shape index (κ2) is 8.28. The molecule has 118 valence electrons. The maximum Gasteiger partial charge on any atom is 0.165 e. The number of rotatable bonds is 10. The lowest BCUT2D eigenvalue weighted by Gasteiger charge is -2.18. The Morgan fingerprint density at radius 1 is 1.24 bits per heavy atom. The maximum atomic E-state index is 6.12. The Balaban J connectivity index is 2.04. The van der Waals surface area contributed by atoms with Crippen LogP contribution < -0.4 is 14.8 Å². The summed E-state index contributed by atoms with van der Waals surface area (Å²) in [6.45, 7) is 8.76. The topological polar surface area (TPSA) is 30.5 Å². The molecule has 1 unspecified atom stereocenters. The van der Waals surface area contributed by atoms with E-state index in [1.54, 1.807) is 0 Å². The van der Waals surface area contributed by atoms with Gasteiger partial charge in [0.1, 0.15) is 0 Å². The highest BCUT2D eigenvalue weighted by atomic mass is 16.5. The SMILES string of the molecule is CCCC(C)COc1c(CNC2CC2)cccc1OCC. The summed E-state index contributed by atoms with van der Waals surface area (Å²) in [4.78, 5) is 0. The Morgan fingerprint density at radius 2 is 2.05 bits per heavy atom. The Kier molecular flexibility index (Phi) is 6.37. The predicted molar refractivity (Wildman–Crippen MR) is 87.0 cm³/mol. The van der Waals surface area contributed by atoms with Gasteiger partial charge in [-0.2, -0.15) is 0 Å². The summed E-state index contributed by atoms with van der Waals surface area (Å²) in [7, 11) is 0. The van der Waals surface area contributed by atoms with Crippen molar-refractivity contribution in [3.63, 3.8) is 0 Å². The van der Waals surface area contributed by atoms with Gasteiger partial charge in [0.15, 0.2) is 11.5 Å². The van der Waals surface area contributed by atoms with E-state index in [0.29, 0.717) is 18.6 Å². The summed E-state index contributed by atoms with van der Waals surface area (Å²) in [5.41, 5.74) is 1.21. The third kappa shape index (κ3) is 5.24. The quantitative estimate of drug-likeness (QED) is 0.702. The highest BCUT2D eigenvalue weighted by molar-refractivity contribution is 5.46. The minimum Gasteiger partial charge on any atom is -0.490 e. The van der Waals surface area contributed by atoms with Crippen LogP contribution in [0.5, 0.6) is 11.5 Å². The standard InChI is InChI=1S/C18H29NO2/c1-4-7-14(3)13-21-18-15(12-19-16-10-11-16)8-6-9-17(18)20-5-2/h6,8-9,14,16,19H,4-5,7,10-13H2,1-3H3. The van der Waals surface area contributed by atoms with Crippen molar-refractivity contribution in [2.24, 2.45) is 5.92 Å². The summed E-state index contributed by atoms with van der Waals surface area (Å²) >= 11 is 0. The predicted octanol–water partition coefficient (Wildman–Crippen LogP) is 4.15. The van der Waals surface area contributed by atoms with Crippen molar-refractivity contribution in [2.75, 3.05) is 13.2 Å². The van der Waals surface area contributed by atoms with Gasteiger partial charge in [0.05, 0.1) is 13.2 Å². The minimum atomic E-state index is 0.578. The summed E-state index contributed by atoms with van der Waals surface area (Å²) in [6, 6.07) is 6.89. The molecule has 1 atom stereocenters. The molecule has 0 amide bonds. The lowest BCUT2D eigenvalue weighted by molar-refractivity contribution is 0.231. The van der Waals surface area contributed by atoms with E-state index in [1.807, 2.05) is 13.0 Å². The maximum absolute atomic E-state index is 6.12. The summed E-state index contributed by atoms with van der Waals surface area (Å²) < 4.78 is 11.9. The third-order valence-electron chi connectivity index (χ3n) is 3.81. The molecule has 3 heteroatoms. The highest BCUT2D eigenvalue weighted by Gasteiger charge is 2.21. The molecular weight excluding hydrogens is 262 g/mol. The molecule has 1 aliphatic rings. The molecule has 1 aromatic rings. The first-order valence-corrected chi connectivity index (χ1v) is 8.35. The van der Waals surface area contributed by atoms with Crippen molar-refractivity contribution in [3.8, 4) is 11.5 Å². The molecule has 1 saturated carbocycles. The van der Waals surface area contributed by atoms with Gasteiger partial charge in [-0.15, -0.1) is 0 Å². The fourth-order valence-electron chi connectivity index (χ4n) is 2.48. The molecule has 3 nitrogen and oxygen atoms in total. The number of nitrogens with one attached hydrogen (secondary N) is 1. The van der Waals surface area contributed by atoms with E-state index in [0.717, 1.165) is 24.7 Å². The number of benzene rings is 1. The zero-order chi connectivity index (χ0) is 15.1. The number of ether oxygens (including phenoxy) is 2. The van der Waals surface area contributed by atoms with E-state index in [9.17, 15) is 0 Å². The van der Waals surface area contributed by atoms with E-state index in [1.165, 1.54) is 31.2 Å². The van der Waals surface area contributed by atoms with Crippen molar-refractivity contribution in [3.05, 3.63) is 23.8 Å². The van der Waals surface area contributed by atoms with Crippen molar-refractivity contribution in [1.82, 2.24) is 5.32 Å². The van der Waals surface area contributed by atoms with Crippen LogP contribution in [0.1, 0.15) is 52.0 Å². The van der Waals surface area contributed by atoms with Crippen LogP contribution in [-0.4, -0.2) is 19.3 Å². The lowest BCUT2D eigenvalue weighted by Crippen LogP contribution is -2.17. The van der Waals surface area contributed by atoms with Crippen LogP contribution in [0.2, 0.25) is 0 Å². The second-order valence-electron chi connectivity index (χ2n) is 6.04. The fraction of sp³-hybridized carbons (Fsp3) is 0.667. The Labute approximate surface area is 129 Å². The van der Waals surface area contributed by atoms with Crippen molar-refractivity contribution in [1.29, 1.82) is 0 Å². The van der Waals surface area contributed by atoms with Gasteiger partial charge in [0, 0.05) is 18.2 Å². The van der Waals surface area contributed by atoms with Gasteiger partial charge in [0.2, 0.25) is 0 Å². The molecule has 1 fully saturated rings. The van der Waals surface area contributed by atoms with E-state index in [4.69, 9.17) is 9.47 Å². The lowest BCUT2D eigenvalue weighted by atomic mass is 10.1. The third-order valence-corrected chi connectivity index (χ3v) is 3.81. The van der Waals surface area contributed by atoms with E-state index >= 15 is 0 Å². The zero-order valence-corrected chi connectivity index (χ0v) is 13.7. The number of hydrogen-bond acceptors (Lipinski definition) is 3. The van der Waals surface area contributed by atoms with E-state index < -0.39 is 0 Å². The van der Waals surface area contributed by atoms with Crippen LogP contribution in [0.4, 0.5) is 0 Å². The largest absolute Gasteiger partial charge is 0.490 e. The van der Waals surface area contributed by atoms with Gasteiger partial charge >= 0.3 is 0 Å². The summed E-state index contributed by atoms with van der Waals surface area (Å²) in [5.74, 6) is 2.38. The van der Waals surface area contributed by atoms with Crippen molar-refractivity contribution >= 4 is 0 Å². The molecule has 1 aliphatic carbocycles. The molecule has 0 bridgehead atoms. The first kappa shape index (κ1) is 16.2. The van der Waals surface area contributed by atoms with Gasteiger partial charge in [-0.25, -0.2) is 0 Å². The highest BCUT2D eigenvalue weighted by Crippen LogP contribution is 2.32. The second-order valence-corrected chi connectivity index (χ2v) is 6.04. The van der Waals surface area contributed by atoms with Crippen LogP contribution in [0.3, 0.4) is 0 Å². The van der Waals surface area contributed by atoms with Crippen molar-refractivity contribution < 1.29 is 9.47 Å².